The molecule has 1 aliphatic rings. The van der Waals surface area contributed by atoms with Crippen molar-refractivity contribution in [1.29, 1.82) is 0 Å². The second kappa shape index (κ2) is 4.85. The van der Waals surface area contributed by atoms with Gasteiger partial charge < -0.3 is 15.7 Å². The summed E-state index contributed by atoms with van der Waals surface area (Å²) in [7, 11) is 0. The Morgan fingerprint density at radius 2 is 2.06 bits per heavy atom. The van der Waals surface area contributed by atoms with E-state index in [0.717, 1.165) is 25.9 Å². The third-order valence-electron chi connectivity index (χ3n) is 3.30. The van der Waals surface area contributed by atoms with Crippen LogP contribution in [-0.4, -0.2) is 24.3 Å². The van der Waals surface area contributed by atoms with Gasteiger partial charge in [0.15, 0.2) is 0 Å². The molecule has 2 rings (SSSR count). The lowest BCUT2D eigenvalue weighted by atomic mass is 10.0. The molecule has 1 saturated heterocycles. The van der Waals surface area contributed by atoms with E-state index < -0.39 is 0 Å². The van der Waals surface area contributed by atoms with Gasteiger partial charge in [-0.05, 0) is 37.0 Å². The Morgan fingerprint density at radius 1 is 1.38 bits per heavy atom. The monoisotopic (exact) mass is 220 g/mol. The molecular weight excluding hydrogens is 200 g/mol. The van der Waals surface area contributed by atoms with Gasteiger partial charge in [0.1, 0.15) is 0 Å². The highest BCUT2D eigenvalue weighted by atomic mass is 16.3. The summed E-state index contributed by atoms with van der Waals surface area (Å²) in [6.07, 6.45) is 1.63. The zero-order valence-electron chi connectivity index (χ0n) is 9.82. The predicted octanol–water partition coefficient (Wildman–Crippen LogP) is 1.41. The molecule has 0 unspecified atom stereocenters. The van der Waals surface area contributed by atoms with Gasteiger partial charge in [-0.25, -0.2) is 0 Å². The summed E-state index contributed by atoms with van der Waals surface area (Å²) >= 11 is 0. The fraction of sp³-hybridized carbons (Fsp3) is 0.538. The molecule has 0 spiro atoms. The van der Waals surface area contributed by atoms with E-state index in [-0.39, 0.29) is 6.10 Å². The molecule has 0 atom stereocenters. The summed E-state index contributed by atoms with van der Waals surface area (Å²) in [5.41, 5.74) is 9.36. The van der Waals surface area contributed by atoms with E-state index in [1.54, 1.807) is 0 Å². The van der Waals surface area contributed by atoms with Crippen LogP contribution in [0.15, 0.2) is 18.2 Å². The Kier molecular flexibility index (Phi) is 3.46. The van der Waals surface area contributed by atoms with E-state index in [0.29, 0.717) is 6.54 Å². The molecule has 1 aromatic carbocycles. The summed E-state index contributed by atoms with van der Waals surface area (Å²) in [4.78, 5) is 2.35. The number of aliphatic hydroxyl groups is 1. The van der Waals surface area contributed by atoms with Crippen LogP contribution in [0.3, 0.4) is 0 Å². The molecule has 3 heteroatoms. The van der Waals surface area contributed by atoms with Crippen LogP contribution in [-0.2, 0) is 6.54 Å². The first-order chi connectivity index (χ1) is 7.70. The normalized spacial score (nSPS) is 17.8. The zero-order chi connectivity index (χ0) is 11.5. The number of nitrogens with two attached hydrogens (primary N) is 1. The Morgan fingerprint density at radius 3 is 2.62 bits per heavy atom. The minimum atomic E-state index is -0.111. The van der Waals surface area contributed by atoms with Gasteiger partial charge in [-0.1, -0.05) is 12.1 Å². The van der Waals surface area contributed by atoms with Crippen molar-refractivity contribution >= 4 is 5.69 Å². The Labute approximate surface area is 96.9 Å². The first-order valence-electron chi connectivity index (χ1n) is 5.93. The second-order valence-electron chi connectivity index (χ2n) is 4.54. The van der Waals surface area contributed by atoms with E-state index in [1.807, 2.05) is 0 Å². The van der Waals surface area contributed by atoms with E-state index in [4.69, 9.17) is 5.73 Å². The zero-order valence-corrected chi connectivity index (χ0v) is 9.82. The number of benzene rings is 1. The molecule has 0 aliphatic carbocycles. The van der Waals surface area contributed by atoms with Crippen LogP contribution in [0, 0.1) is 6.92 Å². The number of nitrogens with zero attached hydrogens (tertiary/aromatic N) is 1. The molecular formula is C13H20N2O. The molecule has 0 radical (unpaired) electrons. The number of aliphatic hydroxyl groups excluding tert-OH is 1. The summed E-state index contributed by atoms with van der Waals surface area (Å²) in [6, 6.07) is 6.39. The highest BCUT2D eigenvalue weighted by Gasteiger charge is 2.18. The molecule has 16 heavy (non-hydrogen) atoms. The topological polar surface area (TPSA) is 49.5 Å². The molecule has 1 heterocycles. The summed E-state index contributed by atoms with van der Waals surface area (Å²) < 4.78 is 0. The van der Waals surface area contributed by atoms with Gasteiger partial charge >= 0.3 is 0 Å². The van der Waals surface area contributed by atoms with Crippen molar-refractivity contribution in [2.24, 2.45) is 5.73 Å². The van der Waals surface area contributed by atoms with E-state index in [1.165, 1.54) is 16.8 Å². The van der Waals surface area contributed by atoms with Gasteiger partial charge in [0.25, 0.3) is 0 Å². The van der Waals surface area contributed by atoms with Crippen LogP contribution >= 0.6 is 0 Å². The molecule has 0 amide bonds. The van der Waals surface area contributed by atoms with Gasteiger partial charge in [-0.15, -0.1) is 0 Å². The van der Waals surface area contributed by atoms with Gasteiger partial charge in [0.05, 0.1) is 6.10 Å². The van der Waals surface area contributed by atoms with Crippen molar-refractivity contribution in [2.75, 3.05) is 18.0 Å². The van der Waals surface area contributed by atoms with Crippen LogP contribution in [0.2, 0.25) is 0 Å². The number of hydrogen-bond donors (Lipinski definition) is 2. The van der Waals surface area contributed by atoms with Crippen LogP contribution < -0.4 is 10.6 Å². The van der Waals surface area contributed by atoms with Crippen molar-refractivity contribution in [1.82, 2.24) is 0 Å². The summed E-state index contributed by atoms with van der Waals surface area (Å²) in [5.74, 6) is 0. The molecule has 3 nitrogen and oxygen atoms in total. The molecule has 0 bridgehead atoms. The van der Waals surface area contributed by atoms with Crippen molar-refractivity contribution < 1.29 is 5.11 Å². The maximum Gasteiger partial charge on any atom is 0.0574 e. The second-order valence-corrected chi connectivity index (χ2v) is 4.54. The van der Waals surface area contributed by atoms with Crippen molar-refractivity contribution in [3.63, 3.8) is 0 Å². The van der Waals surface area contributed by atoms with Crippen LogP contribution in [0.25, 0.3) is 0 Å². The molecule has 0 saturated carbocycles. The predicted molar refractivity (Wildman–Crippen MR) is 66.5 cm³/mol. The van der Waals surface area contributed by atoms with Crippen molar-refractivity contribution in [3.8, 4) is 0 Å². The smallest absolute Gasteiger partial charge is 0.0574 e. The molecule has 0 aromatic heterocycles. The van der Waals surface area contributed by atoms with Gasteiger partial charge in [0.2, 0.25) is 0 Å². The number of piperidine rings is 1. The maximum atomic E-state index is 9.48. The van der Waals surface area contributed by atoms with Crippen molar-refractivity contribution in [3.05, 3.63) is 29.3 Å². The molecule has 88 valence electrons. The van der Waals surface area contributed by atoms with Crippen molar-refractivity contribution in [2.45, 2.75) is 32.4 Å². The Hall–Kier alpha value is -1.06. The SMILES string of the molecule is Cc1cc(CN)ccc1N1CCC(O)CC1. The number of rotatable bonds is 2. The quantitative estimate of drug-likeness (QED) is 0.792. The number of hydrogen-bond acceptors (Lipinski definition) is 3. The summed E-state index contributed by atoms with van der Waals surface area (Å²) in [5, 5.41) is 9.48. The number of aryl methyl sites for hydroxylation is 1. The standard InChI is InChI=1S/C13H20N2O/c1-10-8-11(9-14)2-3-13(10)15-6-4-12(16)5-7-15/h2-3,8,12,16H,4-7,9,14H2,1H3. The molecule has 3 N–H and O–H groups in total. The molecule has 1 fully saturated rings. The van der Waals surface area contributed by atoms with Crippen LogP contribution in [0.4, 0.5) is 5.69 Å². The number of anilines is 1. The molecule has 1 aliphatic heterocycles. The Bertz CT molecular complexity index is 357. The maximum absolute atomic E-state index is 9.48. The van der Waals surface area contributed by atoms with Gasteiger partial charge in [-0.3, -0.25) is 0 Å². The van der Waals surface area contributed by atoms with Crippen LogP contribution in [0.5, 0.6) is 0 Å². The fourth-order valence-corrected chi connectivity index (χ4v) is 2.31. The van der Waals surface area contributed by atoms with E-state index in [2.05, 4.69) is 30.0 Å². The lowest BCUT2D eigenvalue weighted by Crippen LogP contribution is -2.36. The van der Waals surface area contributed by atoms with E-state index >= 15 is 0 Å². The third kappa shape index (κ3) is 2.36. The largest absolute Gasteiger partial charge is 0.393 e. The highest BCUT2D eigenvalue weighted by molar-refractivity contribution is 5.54. The average Bonchev–Trinajstić information content (AvgIpc) is 2.30. The lowest BCUT2D eigenvalue weighted by Gasteiger charge is -2.32. The van der Waals surface area contributed by atoms with E-state index in [9.17, 15) is 5.11 Å². The molecule has 1 aromatic rings. The van der Waals surface area contributed by atoms with Crippen LogP contribution in [0.1, 0.15) is 24.0 Å². The fourth-order valence-electron chi connectivity index (χ4n) is 2.31. The van der Waals surface area contributed by atoms with Gasteiger partial charge in [-0.2, -0.15) is 0 Å². The van der Waals surface area contributed by atoms with Gasteiger partial charge in [0, 0.05) is 25.3 Å². The third-order valence-corrected chi connectivity index (χ3v) is 3.30. The lowest BCUT2D eigenvalue weighted by molar-refractivity contribution is 0.145. The summed E-state index contributed by atoms with van der Waals surface area (Å²) in [6.45, 7) is 4.62. The average molecular weight is 220 g/mol. The minimum Gasteiger partial charge on any atom is -0.393 e. The highest BCUT2D eigenvalue weighted by Crippen LogP contribution is 2.24. The first-order valence-corrected chi connectivity index (χ1v) is 5.93. The first kappa shape index (κ1) is 11.4. The Balaban J connectivity index is 2.14. The minimum absolute atomic E-state index is 0.111.